The van der Waals surface area contributed by atoms with E-state index in [4.69, 9.17) is 5.73 Å². The van der Waals surface area contributed by atoms with Gasteiger partial charge in [-0.2, -0.15) is 0 Å². The lowest BCUT2D eigenvalue weighted by molar-refractivity contribution is -0.139. The average molecular weight is 294 g/mol. The van der Waals surface area contributed by atoms with Crippen LogP contribution in [0.15, 0.2) is 30.0 Å². The number of aromatic nitrogens is 2. The summed E-state index contributed by atoms with van der Waals surface area (Å²) < 4.78 is 1.68. The minimum absolute atomic E-state index is 0.168. The molecule has 106 valence electrons. The van der Waals surface area contributed by atoms with Gasteiger partial charge in [-0.3, -0.25) is 4.79 Å². The molecule has 0 bridgehead atoms. The van der Waals surface area contributed by atoms with Crippen molar-refractivity contribution in [2.24, 2.45) is 5.73 Å². The van der Waals surface area contributed by atoms with Crippen LogP contribution in [0.3, 0.4) is 0 Å². The Morgan fingerprint density at radius 1 is 1.55 bits per heavy atom. The van der Waals surface area contributed by atoms with Crippen LogP contribution in [-0.2, 0) is 11.3 Å². The third kappa shape index (κ3) is 3.22. The summed E-state index contributed by atoms with van der Waals surface area (Å²) in [6, 6.07) is 2.33. The second kappa shape index (κ2) is 6.31. The number of carbonyl (C=O) groups is 2. The predicted molar refractivity (Wildman–Crippen MR) is 73.4 cm³/mol. The number of carboxylic acids is 1. The highest BCUT2D eigenvalue weighted by molar-refractivity contribution is 7.10. The van der Waals surface area contributed by atoms with Crippen molar-refractivity contribution < 1.29 is 14.7 Å². The van der Waals surface area contributed by atoms with Crippen molar-refractivity contribution in [1.29, 1.82) is 0 Å². The molecule has 0 spiro atoms. The zero-order chi connectivity index (χ0) is 14.5. The van der Waals surface area contributed by atoms with Crippen LogP contribution in [0.1, 0.15) is 21.4 Å². The Bertz CT molecular complexity index is 594. The molecule has 0 saturated carbocycles. The molecule has 1 amide bonds. The van der Waals surface area contributed by atoms with Crippen LogP contribution in [0.2, 0.25) is 0 Å². The van der Waals surface area contributed by atoms with Gasteiger partial charge in [0.05, 0.1) is 6.33 Å². The monoisotopic (exact) mass is 294 g/mol. The minimum atomic E-state index is -1.11. The van der Waals surface area contributed by atoms with Crippen molar-refractivity contribution in [2.45, 2.75) is 12.6 Å². The summed E-state index contributed by atoms with van der Waals surface area (Å²) in [6.45, 7) is 0.984. The van der Waals surface area contributed by atoms with Crippen LogP contribution >= 0.6 is 11.3 Å². The molecule has 0 fully saturated rings. The van der Waals surface area contributed by atoms with Gasteiger partial charge in [-0.05, 0) is 11.4 Å². The van der Waals surface area contributed by atoms with Gasteiger partial charge in [0.25, 0.3) is 5.91 Å². The number of nitrogens with two attached hydrogens (primary N) is 1. The van der Waals surface area contributed by atoms with Gasteiger partial charge in [-0.1, -0.05) is 6.07 Å². The van der Waals surface area contributed by atoms with Gasteiger partial charge in [0.2, 0.25) is 0 Å². The summed E-state index contributed by atoms with van der Waals surface area (Å²) in [7, 11) is 0. The summed E-state index contributed by atoms with van der Waals surface area (Å²) in [5.41, 5.74) is 5.57. The summed E-state index contributed by atoms with van der Waals surface area (Å²) in [5.74, 6) is -1.64. The number of hydrogen-bond acceptors (Lipinski definition) is 5. The fourth-order valence-electron chi connectivity index (χ4n) is 1.66. The van der Waals surface area contributed by atoms with E-state index in [-0.39, 0.29) is 5.69 Å². The van der Waals surface area contributed by atoms with Crippen molar-refractivity contribution in [3.8, 4) is 0 Å². The first-order valence-corrected chi connectivity index (χ1v) is 6.78. The van der Waals surface area contributed by atoms with Gasteiger partial charge in [0, 0.05) is 24.2 Å². The lowest BCUT2D eigenvalue weighted by Crippen LogP contribution is -2.33. The zero-order valence-electron chi connectivity index (χ0n) is 10.5. The van der Waals surface area contributed by atoms with Crippen LogP contribution in [0, 0.1) is 0 Å². The fourth-order valence-corrected chi connectivity index (χ4v) is 2.43. The Hall–Kier alpha value is -2.19. The quantitative estimate of drug-likeness (QED) is 0.717. The number of carboxylic acid groups (broad SMARTS) is 1. The van der Waals surface area contributed by atoms with Gasteiger partial charge < -0.3 is 20.7 Å². The molecule has 2 aromatic rings. The number of amides is 1. The number of thiophene rings is 1. The van der Waals surface area contributed by atoms with E-state index in [1.807, 2.05) is 0 Å². The molecule has 0 aromatic carbocycles. The van der Waals surface area contributed by atoms with E-state index in [1.165, 1.54) is 23.9 Å². The molecule has 2 rings (SSSR count). The molecule has 0 aliphatic rings. The molecule has 20 heavy (non-hydrogen) atoms. The van der Waals surface area contributed by atoms with Crippen molar-refractivity contribution in [2.75, 3.05) is 6.54 Å². The molecular weight excluding hydrogens is 280 g/mol. The minimum Gasteiger partial charge on any atom is -0.479 e. The molecule has 7 nitrogen and oxygen atoms in total. The largest absolute Gasteiger partial charge is 0.479 e. The second-order valence-corrected chi connectivity index (χ2v) is 5.02. The van der Waals surface area contributed by atoms with E-state index in [0.29, 0.717) is 18.0 Å². The Morgan fingerprint density at radius 2 is 2.35 bits per heavy atom. The highest BCUT2D eigenvalue weighted by atomic mass is 32.1. The maximum atomic E-state index is 12.0. The highest BCUT2D eigenvalue weighted by Crippen LogP contribution is 2.19. The number of nitrogens with zero attached hydrogens (tertiary/aromatic N) is 2. The van der Waals surface area contributed by atoms with Gasteiger partial charge in [-0.25, -0.2) is 9.78 Å². The van der Waals surface area contributed by atoms with Crippen molar-refractivity contribution >= 4 is 23.2 Å². The topological polar surface area (TPSA) is 110 Å². The number of aliphatic carboxylic acids is 1. The standard InChI is InChI=1S/C12H14N4O3S/c13-3-4-16-6-8(14-7-16)11(17)15-10(12(18)19)9-2-1-5-20-9/h1-2,5-7,10H,3-4,13H2,(H,15,17)(H,18,19). The van der Waals surface area contributed by atoms with E-state index < -0.39 is 17.9 Å². The van der Waals surface area contributed by atoms with Gasteiger partial charge in [-0.15, -0.1) is 11.3 Å². The fraction of sp³-hybridized carbons (Fsp3) is 0.250. The molecular formula is C12H14N4O3S. The molecule has 0 saturated heterocycles. The lowest BCUT2D eigenvalue weighted by atomic mass is 10.2. The number of hydrogen-bond donors (Lipinski definition) is 3. The average Bonchev–Trinajstić information content (AvgIpc) is 3.06. The Labute approximate surface area is 119 Å². The maximum Gasteiger partial charge on any atom is 0.331 e. The van der Waals surface area contributed by atoms with E-state index in [2.05, 4.69) is 10.3 Å². The first-order chi connectivity index (χ1) is 9.61. The van der Waals surface area contributed by atoms with E-state index in [1.54, 1.807) is 22.1 Å². The third-order valence-corrected chi connectivity index (χ3v) is 3.54. The maximum absolute atomic E-state index is 12.0. The predicted octanol–water partition coefficient (Wildman–Crippen LogP) is 0.459. The summed E-state index contributed by atoms with van der Waals surface area (Å²) in [5, 5.41) is 13.4. The number of carbonyl (C=O) groups excluding carboxylic acids is 1. The van der Waals surface area contributed by atoms with Crippen molar-refractivity contribution in [3.05, 3.63) is 40.6 Å². The van der Waals surface area contributed by atoms with Crippen LogP contribution in [0.4, 0.5) is 0 Å². The Balaban J connectivity index is 2.10. The summed E-state index contributed by atoms with van der Waals surface area (Å²) >= 11 is 1.27. The second-order valence-electron chi connectivity index (χ2n) is 4.05. The van der Waals surface area contributed by atoms with Crippen molar-refractivity contribution in [1.82, 2.24) is 14.9 Å². The van der Waals surface area contributed by atoms with E-state index in [0.717, 1.165) is 0 Å². The third-order valence-electron chi connectivity index (χ3n) is 2.60. The zero-order valence-corrected chi connectivity index (χ0v) is 11.3. The lowest BCUT2D eigenvalue weighted by Gasteiger charge is -2.11. The molecule has 2 aromatic heterocycles. The molecule has 0 aliphatic carbocycles. The van der Waals surface area contributed by atoms with E-state index >= 15 is 0 Å². The molecule has 8 heteroatoms. The summed E-state index contributed by atoms with van der Waals surface area (Å²) in [4.78, 5) is 27.7. The molecule has 1 unspecified atom stereocenters. The van der Waals surface area contributed by atoms with Crippen LogP contribution in [-0.4, -0.2) is 33.1 Å². The van der Waals surface area contributed by atoms with Gasteiger partial charge in [0.1, 0.15) is 5.69 Å². The van der Waals surface area contributed by atoms with Gasteiger partial charge >= 0.3 is 5.97 Å². The Morgan fingerprint density at radius 3 is 2.95 bits per heavy atom. The van der Waals surface area contributed by atoms with Gasteiger partial charge in [0.15, 0.2) is 6.04 Å². The number of imidazole rings is 1. The smallest absolute Gasteiger partial charge is 0.331 e. The summed E-state index contributed by atoms with van der Waals surface area (Å²) in [6.07, 6.45) is 3.03. The number of rotatable bonds is 6. The van der Waals surface area contributed by atoms with Crippen molar-refractivity contribution in [3.63, 3.8) is 0 Å². The first-order valence-electron chi connectivity index (χ1n) is 5.90. The first kappa shape index (κ1) is 14.2. The number of nitrogens with one attached hydrogen (secondary N) is 1. The van der Waals surface area contributed by atoms with Crippen LogP contribution in [0.25, 0.3) is 0 Å². The Kier molecular flexibility index (Phi) is 4.49. The van der Waals surface area contributed by atoms with E-state index in [9.17, 15) is 14.7 Å². The molecule has 2 heterocycles. The SMILES string of the molecule is NCCn1cnc(C(=O)NC(C(=O)O)c2cccs2)c1. The normalized spacial score (nSPS) is 12.1. The van der Waals surface area contributed by atoms with Crippen LogP contribution < -0.4 is 11.1 Å². The molecule has 0 radical (unpaired) electrons. The highest BCUT2D eigenvalue weighted by Gasteiger charge is 2.24. The molecule has 1 atom stereocenters. The molecule has 4 N–H and O–H groups in total. The van der Waals surface area contributed by atoms with Crippen LogP contribution in [0.5, 0.6) is 0 Å². The molecule has 0 aliphatic heterocycles.